The summed E-state index contributed by atoms with van der Waals surface area (Å²) in [6.45, 7) is 5.57. The average Bonchev–Trinajstić information content (AvgIpc) is 3.13. The molecule has 3 rings (SSSR count). The van der Waals surface area contributed by atoms with Gasteiger partial charge in [0.1, 0.15) is 0 Å². The predicted octanol–water partition coefficient (Wildman–Crippen LogP) is 2.35. The molecule has 1 atom stereocenters. The van der Waals surface area contributed by atoms with E-state index < -0.39 is 0 Å². The first-order chi connectivity index (χ1) is 11.6. The minimum absolute atomic E-state index is 0.0804. The van der Waals surface area contributed by atoms with Crippen molar-refractivity contribution in [1.82, 2.24) is 10.2 Å². The number of hydrogen-bond donors (Lipinski definition) is 1. The number of likely N-dealkylation sites (tertiary alicyclic amines) is 1. The molecule has 2 amide bonds. The second-order valence-corrected chi connectivity index (χ2v) is 7.94. The van der Waals surface area contributed by atoms with Crippen molar-refractivity contribution < 1.29 is 14.3 Å². The monoisotopic (exact) mass is 336 g/mol. The van der Waals surface area contributed by atoms with Crippen LogP contribution in [0, 0.1) is 17.8 Å². The van der Waals surface area contributed by atoms with E-state index in [4.69, 9.17) is 4.74 Å². The molecule has 5 heteroatoms. The molecule has 0 radical (unpaired) electrons. The fraction of sp³-hybridized carbons (Fsp3) is 0.895. The van der Waals surface area contributed by atoms with Gasteiger partial charge in [0.25, 0.3) is 0 Å². The number of rotatable bonds is 4. The topological polar surface area (TPSA) is 58.6 Å². The molecule has 1 N–H and O–H groups in total. The van der Waals surface area contributed by atoms with Crippen molar-refractivity contribution in [2.75, 3.05) is 26.2 Å². The molecule has 136 valence electrons. The summed E-state index contributed by atoms with van der Waals surface area (Å²) >= 11 is 0. The summed E-state index contributed by atoms with van der Waals surface area (Å²) in [6, 6.07) is 0. The van der Waals surface area contributed by atoms with Gasteiger partial charge < -0.3 is 15.0 Å². The Labute approximate surface area is 145 Å². The maximum atomic E-state index is 12.6. The smallest absolute Gasteiger partial charge is 0.225 e. The third-order valence-electron chi connectivity index (χ3n) is 6.07. The predicted molar refractivity (Wildman–Crippen MR) is 92.4 cm³/mol. The summed E-state index contributed by atoms with van der Waals surface area (Å²) in [5, 5.41) is 3.05. The SMILES string of the molecule is CC1CCN(C(=O)C2CCC(C(=O)NCC3CCCO3)CC2)CC1. The third kappa shape index (κ3) is 4.50. The van der Waals surface area contributed by atoms with Gasteiger partial charge in [0, 0.05) is 38.1 Å². The molecule has 0 aromatic carbocycles. The van der Waals surface area contributed by atoms with Gasteiger partial charge in [0.05, 0.1) is 6.10 Å². The minimum atomic E-state index is 0.0804. The van der Waals surface area contributed by atoms with Crippen LogP contribution in [-0.4, -0.2) is 49.1 Å². The highest BCUT2D eigenvalue weighted by Crippen LogP contribution is 2.31. The van der Waals surface area contributed by atoms with E-state index in [9.17, 15) is 9.59 Å². The summed E-state index contributed by atoms with van der Waals surface area (Å²) in [7, 11) is 0. The number of hydrogen-bond acceptors (Lipinski definition) is 3. The molecule has 2 heterocycles. The molecule has 0 spiro atoms. The zero-order valence-electron chi connectivity index (χ0n) is 15.0. The van der Waals surface area contributed by atoms with Crippen LogP contribution < -0.4 is 5.32 Å². The van der Waals surface area contributed by atoms with Crippen LogP contribution in [0.2, 0.25) is 0 Å². The first kappa shape index (κ1) is 17.7. The van der Waals surface area contributed by atoms with Gasteiger partial charge >= 0.3 is 0 Å². The van der Waals surface area contributed by atoms with Crippen molar-refractivity contribution >= 4 is 11.8 Å². The van der Waals surface area contributed by atoms with Crippen molar-refractivity contribution in [2.24, 2.45) is 17.8 Å². The maximum absolute atomic E-state index is 12.6. The van der Waals surface area contributed by atoms with Crippen LogP contribution in [0.5, 0.6) is 0 Å². The van der Waals surface area contributed by atoms with Crippen LogP contribution in [-0.2, 0) is 14.3 Å². The molecule has 0 aromatic rings. The molecular formula is C19H32N2O3. The van der Waals surface area contributed by atoms with E-state index in [1.54, 1.807) is 0 Å². The normalized spacial score (nSPS) is 31.9. The van der Waals surface area contributed by atoms with Crippen LogP contribution in [0.1, 0.15) is 58.3 Å². The van der Waals surface area contributed by atoms with E-state index >= 15 is 0 Å². The van der Waals surface area contributed by atoms with Gasteiger partial charge in [-0.15, -0.1) is 0 Å². The van der Waals surface area contributed by atoms with Gasteiger partial charge in [-0.3, -0.25) is 9.59 Å². The number of nitrogens with zero attached hydrogens (tertiary/aromatic N) is 1. The number of carbonyl (C=O) groups excluding carboxylic acids is 2. The van der Waals surface area contributed by atoms with E-state index in [1.165, 1.54) is 0 Å². The van der Waals surface area contributed by atoms with Gasteiger partial charge in [-0.05, 0) is 57.3 Å². The van der Waals surface area contributed by atoms with Crippen LogP contribution in [0.4, 0.5) is 0 Å². The summed E-state index contributed by atoms with van der Waals surface area (Å²) < 4.78 is 5.55. The molecule has 0 bridgehead atoms. The second kappa shape index (κ2) is 8.32. The minimum Gasteiger partial charge on any atom is -0.376 e. The molecule has 0 aromatic heterocycles. The Hall–Kier alpha value is -1.10. The van der Waals surface area contributed by atoms with Crippen molar-refractivity contribution in [3.63, 3.8) is 0 Å². The molecule has 1 saturated carbocycles. The standard InChI is InChI=1S/C19H32N2O3/c1-14-8-10-21(11-9-14)19(23)16-6-4-15(5-7-16)18(22)20-13-17-3-2-12-24-17/h14-17H,2-13H2,1H3,(H,20,22). The maximum Gasteiger partial charge on any atom is 0.225 e. The fourth-order valence-electron chi connectivity index (χ4n) is 4.25. The van der Waals surface area contributed by atoms with Crippen molar-refractivity contribution in [3.8, 4) is 0 Å². The van der Waals surface area contributed by atoms with Gasteiger partial charge in [0.2, 0.25) is 11.8 Å². The van der Waals surface area contributed by atoms with Crippen LogP contribution in [0.25, 0.3) is 0 Å². The Morgan fingerprint density at radius 1 is 1.00 bits per heavy atom. The van der Waals surface area contributed by atoms with Crippen molar-refractivity contribution in [2.45, 2.75) is 64.4 Å². The molecule has 3 aliphatic rings. The molecule has 1 unspecified atom stereocenters. The summed E-state index contributed by atoms with van der Waals surface area (Å²) in [6.07, 6.45) is 8.04. The van der Waals surface area contributed by atoms with Crippen molar-refractivity contribution in [3.05, 3.63) is 0 Å². The van der Waals surface area contributed by atoms with E-state index in [-0.39, 0.29) is 23.8 Å². The number of piperidine rings is 1. The van der Waals surface area contributed by atoms with Gasteiger partial charge in [0.15, 0.2) is 0 Å². The molecular weight excluding hydrogens is 304 g/mol. The largest absolute Gasteiger partial charge is 0.376 e. The number of carbonyl (C=O) groups is 2. The Bertz CT molecular complexity index is 432. The number of nitrogens with one attached hydrogen (secondary N) is 1. The average molecular weight is 336 g/mol. The second-order valence-electron chi connectivity index (χ2n) is 7.94. The van der Waals surface area contributed by atoms with Gasteiger partial charge in [-0.1, -0.05) is 6.92 Å². The first-order valence-corrected chi connectivity index (χ1v) is 9.81. The van der Waals surface area contributed by atoms with Gasteiger partial charge in [-0.25, -0.2) is 0 Å². The number of amides is 2. The fourth-order valence-corrected chi connectivity index (χ4v) is 4.25. The molecule has 24 heavy (non-hydrogen) atoms. The molecule has 2 aliphatic heterocycles. The Morgan fingerprint density at radius 2 is 1.67 bits per heavy atom. The highest BCUT2D eigenvalue weighted by atomic mass is 16.5. The lowest BCUT2D eigenvalue weighted by molar-refractivity contribution is -0.139. The zero-order chi connectivity index (χ0) is 16.9. The lowest BCUT2D eigenvalue weighted by Crippen LogP contribution is -2.43. The summed E-state index contributed by atoms with van der Waals surface area (Å²) in [4.78, 5) is 27.0. The van der Waals surface area contributed by atoms with Crippen molar-refractivity contribution in [1.29, 1.82) is 0 Å². The Kier molecular flexibility index (Phi) is 6.14. The first-order valence-electron chi connectivity index (χ1n) is 9.81. The van der Waals surface area contributed by atoms with Crippen LogP contribution >= 0.6 is 0 Å². The lowest BCUT2D eigenvalue weighted by Gasteiger charge is -2.35. The number of ether oxygens (including phenoxy) is 1. The van der Waals surface area contributed by atoms with Crippen LogP contribution in [0.3, 0.4) is 0 Å². The highest BCUT2D eigenvalue weighted by molar-refractivity contribution is 5.81. The highest BCUT2D eigenvalue weighted by Gasteiger charge is 2.33. The summed E-state index contributed by atoms with van der Waals surface area (Å²) in [5.74, 6) is 1.46. The zero-order valence-corrected chi connectivity index (χ0v) is 15.0. The third-order valence-corrected chi connectivity index (χ3v) is 6.07. The quantitative estimate of drug-likeness (QED) is 0.857. The molecule has 3 fully saturated rings. The Morgan fingerprint density at radius 3 is 2.29 bits per heavy atom. The van der Waals surface area contributed by atoms with E-state index in [1.807, 2.05) is 0 Å². The summed E-state index contributed by atoms with van der Waals surface area (Å²) in [5.41, 5.74) is 0. The lowest BCUT2D eigenvalue weighted by atomic mass is 9.80. The van der Waals surface area contributed by atoms with Crippen LogP contribution in [0.15, 0.2) is 0 Å². The van der Waals surface area contributed by atoms with Gasteiger partial charge in [-0.2, -0.15) is 0 Å². The van der Waals surface area contributed by atoms with E-state index in [0.717, 1.165) is 77.0 Å². The van der Waals surface area contributed by atoms with E-state index in [0.29, 0.717) is 12.5 Å². The molecule has 2 saturated heterocycles. The Balaban J connectivity index is 1.38. The molecule has 5 nitrogen and oxygen atoms in total. The van der Waals surface area contributed by atoms with E-state index in [2.05, 4.69) is 17.1 Å². The molecule has 1 aliphatic carbocycles.